The first kappa shape index (κ1) is 12.6. The van der Waals surface area contributed by atoms with Crippen molar-refractivity contribution < 1.29 is 4.74 Å². The van der Waals surface area contributed by atoms with Crippen molar-refractivity contribution in [3.8, 4) is 5.75 Å². The summed E-state index contributed by atoms with van der Waals surface area (Å²) in [6.45, 7) is 0.563. The predicted octanol–water partition coefficient (Wildman–Crippen LogP) is 2.30. The van der Waals surface area contributed by atoms with Crippen LogP contribution in [0.3, 0.4) is 0 Å². The zero-order valence-corrected chi connectivity index (χ0v) is 9.37. The fourth-order valence-electron chi connectivity index (χ4n) is 1.04. The van der Waals surface area contributed by atoms with E-state index in [1.54, 1.807) is 18.9 Å². The first-order valence-electron chi connectivity index (χ1n) is 3.72. The lowest BCUT2D eigenvalue weighted by atomic mass is 10.2. The number of halogens is 1. The quantitative estimate of drug-likeness (QED) is 0.793. The Hall–Kier alpha value is -0.380. The fourth-order valence-corrected chi connectivity index (χ4v) is 1.65. The first-order valence-corrected chi connectivity index (χ1v) is 4.95. The van der Waals surface area contributed by atoms with E-state index in [0.717, 1.165) is 11.3 Å². The Morgan fingerprint density at radius 1 is 1.46 bits per heavy atom. The summed E-state index contributed by atoms with van der Waals surface area (Å²) in [7, 11) is 1.66. The van der Waals surface area contributed by atoms with Crippen LogP contribution in [-0.4, -0.2) is 13.4 Å². The van der Waals surface area contributed by atoms with Gasteiger partial charge in [-0.25, -0.2) is 0 Å². The molecule has 0 aliphatic heterocycles. The van der Waals surface area contributed by atoms with Crippen molar-refractivity contribution in [3.05, 3.63) is 23.8 Å². The van der Waals surface area contributed by atoms with Gasteiger partial charge in [-0.1, -0.05) is 0 Å². The Labute approximate surface area is 89.3 Å². The van der Waals surface area contributed by atoms with E-state index in [1.165, 1.54) is 4.90 Å². The summed E-state index contributed by atoms with van der Waals surface area (Å²) in [5.41, 5.74) is 6.72. The minimum Gasteiger partial charge on any atom is -0.497 e. The lowest BCUT2D eigenvalue weighted by Crippen LogP contribution is -1.98. The molecule has 0 unspecified atom stereocenters. The lowest BCUT2D eigenvalue weighted by molar-refractivity contribution is 0.414. The van der Waals surface area contributed by atoms with Gasteiger partial charge in [-0.15, -0.1) is 24.2 Å². The number of ether oxygens (including phenoxy) is 1. The molecule has 0 radical (unpaired) electrons. The molecule has 4 heteroatoms. The van der Waals surface area contributed by atoms with Crippen LogP contribution in [-0.2, 0) is 6.54 Å². The highest BCUT2D eigenvalue weighted by Crippen LogP contribution is 2.24. The maximum Gasteiger partial charge on any atom is 0.119 e. The van der Waals surface area contributed by atoms with Crippen molar-refractivity contribution in [2.24, 2.45) is 5.73 Å². The summed E-state index contributed by atoms with van der Waals surface area (Å²) in [5.74, 6) is 0.869. The molecule has 0 saturated carbocycles. The third-order valence-corrected chi connectivity index (χ3v) is 2.55. The van der Waals surface area contributed by atoms with E-state index < -0.39 is 0 Å². The number of hydrogen-bond acceptors (Lipinski definition) is 3. The molecule has 0 aliphatic rings. The molecule has 2 nitrogen and oxygen atoms in total. The summed E-state index contributed by atoms with van der Waals surface area (Å²) in [6.07, 6.45) is 2.04. The minimum atomic E-state index is 0. The largest absolute Gasteiger partial charge is 0.497 e. The van der Waals surface area contributed by atoms with Gasteiger partial charge in [-0.3, -0.25) is 0 Å². The van der Waals surface area contributed by atoms with Gasteiger partial charge in [0.2, 0.25) is 0 Å². The van der Waals surface area contributed by atoms with Gasteiger partial charge in [0.1, 0.15) is 5.75 Å². The number of methoxy groups -OCH3 is 1. The molecule has 1 rings (SSSR count). The molecular formula is C9H14ClNOS. The van der Waals surface area contributed by atoms with Crippen molar-refractivity contribution in [1.29, 1.82) is 0 Å². The molecule has 0 aromatic heterocycles. The van der Waals surface area contributed by atoms with Gasteiger partial charge in [0.25, 0.3) is 0 Å². The fraction of sp³-hybridized carbons (Fsp3) is 0.333. The van der Waals surface area contributed by atoms with E-state index >= 15 is 0 Å². The van der Waals surface area contributed by atoms with E-state index in [4.69, 9.17) is 10.5 Å². The van der Waals surface area contributed by atoms with Crippen LogP contribution < -0.4 is 10.5 Å². The zero-order valence-electron chi connectivity index (χ0n) is 7.74. The van der Waals surface area contributed by atoms with E-state index in [0.29, 0.717) is 6.54 Å². The molecule has 2 N–H and O–H groups in total. The molecule has 0 spiro atoms. The van der Waals surface area contributed by atoms with Crippen molar-refractivity contribution in [2.75, 3.05) is 13.4 Å². The number of benzene rings is 1. The van der Waals surface area contributed by atoms with Crippen LogP contribution in [0.1, 0.15) is 5.56 Å². The highest BCUT2D eigenvalue weighted by atomic mass is 35.5. The molecule has 13 heavy (non-hydrogen) atoms. The molecule has 0 atom stereocenters. The zero-order chi connectivity index (χ0) is 8.97. The van der Waals surface area contributed by atoms with Crippen LogP contribution in [0, 0.1) is 0 Å². The second-order valence-corrected chi connectivity index (χ2v) is 3.23. The average molecular weight is 220 g/mol. The second-order valence-electron chi connectivity index (χ2n) is 2.38. The minimum absolute atomic E-state index is 0. The van der Waals surface area contributed by atoms with Crippen LogP contribution in [0.5, 0.6) is 5.75 Å². The van der Waals surface area contributed by atoms with Gasteiger partial charge in [0.15, 0.2) is 0 Å². The van der Waals surface area contributed by atoms with Gasteiger partial charge < -0.3 is 10.5 Å². The van der Waals surface area contributed by atoms with Crippen LogP contribution in [0.2, 0.25) is 0 Å². The first-order chi connectivity index (χ1) is 5.81. The smallest absolute Gasteiger partial charge is 0.119 e. The summed E-state index contributed by atoms with van der Waals surface area (Å²) in [5, 5.41) is 0. The number of hydrogen-bond donors (Lipinski definition) is 1. The van der Waals surface area contributed by atoms with Crippen LogP contribution in [0.25, 0.3) is 0 Å². The molecule has 74 valence electrons. The van der Waals surface area contributed by atoms with Crippen LogP contribution in [0.4, 0.5) is 0 Å². The Balaban J connectivity index is 0.00000144. The molecule has 0 heterocycles. The monoisotopic (exact) mass is 219 g/mol. The van der Waals surface area contributed by atoms with E-state index in [9.17, 15) is 0 Å². The molecule has 1 aromatic carbocycles. The summed E-state index contributed by atoms with van der Waals surface area (Å²) in [6, 6.07) is 5.96. The third-order valence-electron chi connectivity index (χ3n) is 1.71. The van der Waals surface area contributed by atoms with Crippen molar-refractivity contribution in [1.82, 2.24) is 0 Å². The van der Waals surface area contributed by atoms with Gasteiger partial charge in [-0.05, 0) is 30.0 Å². The standard InChI is InChI=1S/C9H13NOS.ClH/c1-11-8-3-4-9(12-2)7(5-8)6-10;/h3-5H,6,10H2,1-2H3;1H. The topological polar surface area (TPSA) is 35.2 Å². The molecular weight excluding hydrogens is 206 g/mol. The second kappa shape index (κ2) is 6.13. The van der Waals surface area contributed by atoms with Crippen molar-refractivity contribution in [2.45, 2.75) is 11.4 Å². The molecule has 0 saturated heterocycles. The summed E-state index contributed by atoms with van der Waals surface area (Å²) < 4.78 is 5.09. The van der Waals surface area contributed by atoms with Crippen molar-refractivity contribution in [3.63, 3.8) is 0 Å². The molecule has 0 aliphatic carbocycles. The average Bonchev–Trinajstić information content (AvgIpc) is 2.16. The lowest BCUT2D eigenvalue weighted by Gasteiger charge is -2.06. The Morgan fingerprint density at radius 3 is 2.62 bits per heavy atom. The third kappa shape index (κ3) is 3.10. The molecule has 0 bridgehead atoms. The van der Waals surface area contributed by atoms with Gasteiger partial charge in [0, 0.05) is 11.4 Å². The van der Waals surface area contributed by atoms with Crippen molar-refractivity contribution >= 4 is 24.2 Å². The normalized spacial score (nSPS) is 9.15. The molecule has 0 amide bonds. The SMILES string of the molecule is COc1ccc(SC)c(CN)c1.Cl. The number of nitrogens with two attached hydrogens (primary N) is 1. The predicted molar refractivity (Wildman–Crippen MR) is 59.9 cm³/mol. The highest BCUT2D eigenvalue weighted by molar-refractivity contribution is 7.98. The highest BCUT2D eigenvalue weighted by Gasteiger charge is 2.00. The van der Waals surface area contributed by atoms with Gasteiger partial charge in [-0.2, -0.15) is 0 Å². The summed E-state index contributed by atoms with van der Waals surface area (Å²) in [4.78, 5) is 1.22. The van der Waals surface area contributed by atoms with E-state index in [2.05, 4.69) is 0 Å². The molecule has 0 fully saturated rings. The van der Waals surface area contributed by atoms with Crippen LogP contribution in [0.15, 0.2) is 23.1 Å². The number of rotatable bonds is 3. The van der Waals surface area contributed by atoms with Crippen LogP contribution >= 0.6 is 24.2 Å². The maximum absolute atomic E-state index is 5.58. The van der Waals surface area contributed by atoms with Gasteiger partial charge in [0.05, 0.1) is 7.11 Å². The summed E-state index contributed by atoms with van der Waals surface area (Å²) >= 11 is 1.70. The van der Waals surface area contributed by atoms with E-state index in [-0.39, 0.29) is 12.4 Å². The number of thioether (sulfide) groups is 1. The Bertz CT molecular complexity index is 268. The Morgan fingerprint density at radius 2 is 2.15 bits per heavy atom. The Kier molecular flexibility index (Phi) is 5.95. The maximum atomic E-state index is 5.58. The van der Waals surface area contributed by atoms with Gasteiger partial charge >= 0.3 is 0 Å². The van der Waals surface area contributed by atoms with E-state index in [1.807, 2.05) is 24.5 Å². The molecule has 1 aromatic rings.